The van der Waals surface area contributed by atoms with Crippen LogP contribution in [-0.4, -0.2) is 35.3 Å². The first-order chi connectivity index (χ1) is 15.4. The summed E-state index contributed by atoms with van der Waals surface area (Å²) in [7, 11) is -1.02. The van der Waals surface area contributed by atoms with Crippen molar-refractivity contribution in [2.75, 3.05) is 24.3 Å². The van der Waals surface area contributed by atoms with Crippen molar-refractivity contribution in [1.82, 2.24) is 5.32 Å². The largest absolute Gasteiger partial charge is 0.490 e. The van der Waals surface area contributed by atoms with Crippen LogP contribution in [0.25, 0.3) is 0 Å². The molecule has 0 saturated heterocycles. The molecule has 6 nitrogen and oxygen atoms in total. The van der Waals surface area contributed by atoms with Gasteiger partial charge in [0.1, 0.15) is 12.4 Å². The van der Waals surface area contributed by atoms with Gasteiger partial charge >= 0.3 is 0 Å². The Morgan fingerprint density at radius 1 is 1.03 bits per heavy atom. The summed E-state index contributed by atoms with van der Waals surface area (Å²) in [5.41, 5.74) is 3.87. The fourth-order valence-electron chi connectivity index (χ4n) is 3.61. The second-order valence-corrected chi connectivity index (χ2v) is 8.95. The number of rotatable bonds is 6. The Kier molecular flexibility index (Phi) is 6.37. The summed E-state index contributed by atoms with van der Waals surface area (Å²) in [6.07, 6.45) is 1.64. The minimum absolute atomic E-state index is 0.0185. The highest BCUT2D eigenvalue weighted by Gasteiger charge is 2.21. The van der Waals surface area contributed by atoms with E-state index in [1.165, 1.54) is 0 Å². The average Bonchev–Trinajstić information content (AvgIpc) is 2.82. The molecule has 0 aliphatic carbocycles. The first kappa shape index (κ1) is 21.8. The lowest BCUT2D eigenvalue weighted by Gasteiger charge is -2.31. The van der Waals surface area contributed by atoms with Crippen molar-refractivity contribution in [3.63, 3.8) is 0 Å². The SMILES string of the molecule is CC(=O)c1cccc(N2CCOc3cc(C(=O)NCc4ccc(S(C)=O)cc4)ccc32)c1. The molecule has 1 N–H and O–H groups in total. The van der Waals surface area contributed by atoms with Gasteiger partial charge in [0, 0.05) is 45.3 Å². The van der Waals surface area contributed by atoms with E-state index in [0.717, 1.165) is 21.8 Å². The van der Waals surface area contributed by atoms with Crippen LogP contribution < -0.4 is 15.0 Å². The highest BCUT2D eigenvalue weighted by Crippen LogP contribution is 2.37. The molecule has 1 aliphatic rings. The van der Waals surface area contributed by atoms with Crippen LogP contribution in [-0.2, 0) is 17.3 Å². The lowest BCUT2D eigenvalue weighted by Crippen LogP contribution is -2.29. The van der Waals surface area contributed by atoms with E-state index in [4.69, 9.17) is 4.74 Å². The van der Waals surface area contributed by atoms with Crippen LogP contribution in [0.3, 0.4) is 0 Å². The minimum atomic E-state index is -1.02. The van der Waals surface area contributed by atoms with Crippen molar-refractivity contribution < 1.29 is 18.5 Å². The van der Waals surface area contributed by atoms with Gasteiger partial charge in [-0.25, -0.2) is 0 Å². The second kappa shape index (κ2) is 9.36. The molecule has 1 atom stereocenters. The highest BCUT2D eigenvalue weighted by molar-refractivity contribution is 7.84. The Morgan fingerprint density at radius 2 is 1.81 bits per heavy atom. The molecule has 0 radical (unpaired) electrons. The highest BCUT2D eigenvalue weighted by atomic mass is 32.2. The van der Waals surface area contributed by atoms with Crippen LogP contribution in [0.2, 0.25) is 0 Å². The van der Waals surface area contributed by atoms with Crippen LogP contribution in [0.1, 0.15) is 33.2 Å². The lowest BCUT2D eigenvalue weighted by molar-refractivity contribution is 0.0949. The van der Waals surface area contributed by atoms with Crippen molar-refractivity contribution in [2.24, 2.45) is 0 Å². The number of nitrogens with zero attached hydrogens (tertiary/aromatic N) is 1. The number of hydrogen-bond donors (Lipinski definition) is 1. The second-order valence-electron chi connectivity index (χ2n) is 7.57. The number of carbonyl (C=O) groups excluding carboxylic acids is 2. The van der Waals surface area contributed by atoms with Gasteiger partial charge in [0.25, 0.3) is 5.91 Å². The summed E-state index contributed by atoms with van der Waals surface area (Å²) in [6, 6.07) is 20.2. The third kappa shape index (κ3) is 4.73. The van der Waals surface area contributed by atoms with Crippen molar-refractivity contribution in [1.29, 1.82) is 0 Å². The summed E-state index contributed by atoms with van der Waals surface area (Å²) in [5, 5.41) is 2.91. The molecule has 3 aromatic rings. The van der Waals surface area contributed by atoms with Gasteiger partial charge in [0.2, 0.25) is 0 Å². The van der Waals surface area contributed by atoms with Gasteiger partial charge < -0.3 is 15.0 Å². The Morgan fingerprint density at radius 3 is 2.53 bits per heavy atom. The van der Waals surface area contributed by atoms with E-state index in [1.807, 2.05) is 36.4 Å². The molecule has 0 bridgehead atoms. The fourth-order valence-corrected chi connectivity index (χ4v) is 4.12. The van der Waals surface area contributed by atoms with Crippen molar-refractivity contribution in [3.05, 3.63) is 83.4 Å². The molecule has 32 heavy (non-hydrogen) atoms. The van der Waals surface area contributed by atoms with E-state index < -0.39 is 10.8 Å². The topological polar surface area (TPSA) is 75.7 Å². The Bertz CT molecular complexity index is 1190. The summed E-state index contributed by atoms with van der Waals surface area (Å²) < 4.78 is 17.3. The summed E-state index contributed by atoms with van der Waals surface area (Å²) in [6.45, 7) is 3.06. The quantitative estimate of drug-likeness (QED) is 0.575. The number of hydrogen-bond acceptors (Lipinski definition) is 5. The Hall–Kier alpha value is -3.45. The first-order valence-electron chi connectivity index (χ1n) is 10.3. The monoisotopic (exact) mass is 448 g/mol. The standard InChI is InChI=1S/C25H24N2O4S/c1-17(28)19-4-3-5-21(14-19)27-12-13-31-24-15-20(8-11-23(24)27)25(29)26-16-18-6-9-22(10-7-18)32(2)30/h3-11,14-15H,12-13,16H2,1-2H3,(H,26,29). The molecular formula is C25H24N2O4S. The molecule has 164 valence electrons. The normalized spacial score (nSPS) is 13.6. The van der Waals surface area contributed by atoms with E-state index in [-0.39, 0.29) is 11.7 Å². The molecule has 7 heteroatoms. The van der Waals surface area contributed by atoms with Crippen molar-refractivity contribution in [2.45, 2.75) is 18.4 Å². The maximum Gasteiger partial charge on any atom is 0.251 e. The molecular weight excluding hydrogens is 424 g/mol. The van der Waals surface area contributed by atoms with Crippen molar-refractivity contribution >= 4 is 33.9 Å². The number of ketones is 1. The number of benzene rings is 3. The molecule has 4 rings (SSSR count). The molecule has 1 amide bonds. The van der Waals surface area contributed by atoms with Gasteiger partial charge in [0.15, 0.2) is 5.78 Å². The van der Waals surface area contributed by atoms with E-state index in [9.17, 15) is 13.8 Å². The number of anilines is 2. The molecule has 1 aliphatic heterocycles. The molecule has 0 saturated carbocycles. The smallest absolute Gasteiger partial charge is 0.251 e. The summed E-state index contributed by atoms with van der Waals surface area (Å²) in [4.78, 5) is 27.3. The van der Waals surface area contributed by atoms with Crippen LogP contribution in [0, 0.1) is 0 Å². The summed E-state index contributed by atoms with van der Waals surface area (Å²) >= 11 is 0. The van der Waals surface area contributed by atoms with E-state index in [2.05, 4.69) is 10.2 Å². The lowest BCUT2D eigenvalue weighted by atomic mass is 10.1. The zero-order valence-corrected chi connectivity index (χ0v) is 18.8. The van der Waals surface area contributed by atoms with Gasteiger partial charge in [-0.05, 0) is 55.0 Å². The average molecular weight is 449 g/mol. The molecule has 0 aromatic heterocycles. The van der Waals surface area contributed by atoms with Crippen LogP contribution in [0.5, 0.6) is 5.75 Å². The maximum atomic E-state index is 12.7. The van der Waals surface area contributed by atoms with Gasteiger partial charge in [-0.1, -0.05) is 24.3 Å². The van der Waals surface area contributed by atoms with E-state index >= 15 is 0 Å². The van der Waals surface area contributed by atoms with Crippen molar-refractivity contribution in [3.8, 4) is 5.75 Å². The third-order valence-electron chi connectivity index (χ3n) is 5.36. The zero-order chi connectivity index (χ0) is 22.7. The number of ether oxygens (including phenoxy) is 1. The molecule has 1 heterocycles. The van der Waals surface area contributed by atoms with Crippen LogP contribution in [0.15, 0.2) is 71.6 Å². The zero-order valence-electron chi connectivity index (χ0n) is 18.0. The number of amides is 1. The van der Waals surface area contributed by atoms with E-state index in [0.29, 0.717) is 36.6 Å². The minimum Gasteiger partial charge on any atom is -0.490 e. The van der Waals surface area contributed by atoms with Crippen LogP contribution >= 0.6 is 0 Å². The predicted molar refractivity (Wildman–Crippen MR) is 125 cm³/mol. The Labute approximate surface area is 189 Å². The molecule has 1 unspecified atom stereocenters. The number of nitrogens with one attached hydrogen (secondary N) is 1. The van der Waals surface area contributed by atoms with E-state index in [1.54, 1.807) is 43.5 Å². The number of carbonyl (C=O) groups is 2. The number of fused-ring (bicyclic) bond motifs is 1. The van der Waals surface area contributed by atoms with Gasteiger partial charge in [-0.15, -0.1) is 0 Å². The predicted octanol–water partition coefficient (Wildman–Crippen LogP) is 4.09. The van der Waals surface area contributed by atoms with Crippen LogP contribution in [0.4, 0.5) is 11.4 Å². The Balaban J connectivity index is 1.49. The van der Waals surface area contributed by atoms with Gasteiger partial charge in [-0.2, -0.15) is 0 Å². The fraction of sp³-hybridized carbons (Fsp3) is 0.200. The molecule has 0 fully saturated rings. The summed E-state index contributed by atoms with van der Waals surface area (Å²) in [5.74, 6) is 0.451. The van der Waals surface area contributed by atoms with Gasteiger partial charge in [0.05, 0.1) is 12.2 Å². The first-order valence-corrected chi connectivity index (χ1v) is 11.8. The molecule has 0 spiro atoms. The number of Topliss-reactive ketones (excluding diaryl/α,β-unsaturated/α-hetero) is 1. The maximum absolute atomic E-state index is 12.7. The molecule has 3 aromatic carbocycles. The third-order valence-corrected chi connectivity index (χ3v) is 6.29. The van der Waals surface area contributed by atoms with Gasteiger partial charge in [-0.3, -0.25) is 13.8 Å².